The van der Waals surface area contributed by atoms with Crippen molar-refractivity contribution >= 4 is 23.2 Å². The molecule has 4 aromatic rings. The first-order chi connectivity index (χ1) is 15.0. The van der Waals surface area contributed by atoms with Gasteiger partial charge in [0.1, 0.15) is 5.75 Å². The van der Waals surface area contributed by atoms with E-state index in [-0.39, 0.29) is 11.7 Å². The number of hydrogen-bond acceptors (Lipinski definition) is 4. The lowest BCUT2D eigenvalue weighted by atomic mass is 9.99. The Morgan fingerprint density at radius 2 is 1.71 bits per heavy atom. The molecule has 6 heteroatoms. The molecule has 0 bridgehead atoms. The van der Waals surface area contributed by atoms with Gasteiger partial charge in [-0.2, -0.15) is 0 Å². The van der Waals surface area contributed by atoms with Crippen molar-refractivity contribution in [3.63, 3.8) is 0 Å². The van der Waals surface area contributed by atoms with Gasteiger partial charge in [0, 0.05) is 22.2 Å². The van der Waals surface area contributed by atoms with Crippen LogP contribution in [0.3, 0.4) is 0 Å². The van der Waals surface area contributed by atoms with Gasteiger partial charge in [-0.1, -0.05) is 48.0 Å². The average Bonchev–Trinajstić information content (AvgIpc) is 2.80. The molecule has 0 saturated carbocycles. The number of anilines is 1. The number of pyridine rings is 1. The van der Waals surface area contributed by atoms with Crippen molar-refractivity contribution in [1.82, 2.24) is 4.98 Å². The van der Waals surface area contributed by atoms with Gasteiger partial charge < -0.3 is 15.2 Å². The Kier molecular flexibility index (Phi) is 5.87. The summed E-state index contributed by atoms with van der Waals surface area (Å²) in [4.78, 5) is 16.8. The van der Waals surface area contributed by atoms with Crippen molar-refractivity contribution in [2.45, 2.75) is 0 Å². The van der Waals surface area contributed by atoms with Crippen LogP contribution < -0.4 is 10.1 Å². The number of amides is 1. The summed E-state index contributed by atoms with van der Waals surface area (Å²) < 4.78 is 5.03. The second kappa shape index (κ2) is 8.90. The number of carbonyl (C=O) groups excluding carboxylic acids is 1. The molecule has 0 radical (unpaired) electrons. The monoisotopic (exact) mass is 430 g/mol. The third-order valence-corrected chi connectivity index (χ3v) is 5.14. The predicted octanol–water partition coefficient (Wildman–Crippen LogP) is 6.04. The molecule has 1 heterocycles. The van der Waals surface area contributed by atoms with Crippen LogP contribution in [0.5, 0.6) is 11.6 Å². The highest BCUT2D eigenvalue weighted by Gasteiger charge is 2.12. The van der Waals surface area contributed by atoms with E-state index >= 15 is 0 Å². The maximum atomic E-state index is 12.7. The minimum atomic E-state index is -0.263. The summed E-state index contributed by atoms with van der Waals surface area (Å²) in [6.07, 6.45) is 1.54. The molecule has 1 amide bonds. The maximum Gasteiger partial charge on any atom is 0.255 e. The van der Waals surface area contributed by atoms with E-state index < -0.39 is 0 Å². The largest absolute Gasteiger partial charge is 0.508 e. The van der Waals surface area contributed by atoms with Crippen LogP contribution in [0.2, 0.25) is 5.02 Å². The SMILES string of the molecule is COc1ccc(NC(=O)c2ccc(Cl)c(-c3ccc(-c4cccc(O)c4)cc3)c2)cn1. The zero-order valence-corrected chi connectivity index (χ0v) is 17.4. The fraction of sp³-hybridized carbons (Fsp3) is 0.0400. The van der Waals surface area contributed by atoms with Crippen molar-refractivity contribution in [1.29, 1.82) is 0 Å². The Labute approximate surface area is 184 Å². The van der Waals surface area contributed by atoms with Gasteiger partial charge in [0.05, 0.1) is 19.0 Å². The number of nitrogens with one attached hydrogen (secondary N) is 1. The lowest BCUT2D eigenvalue weighted by Crippen LogP contribution is -2.12. The third-order valence-electron chi connectivity index (χ3n) is 4.81. The zero-order valence-electron chi connectivity index (χ0n) is 16.7. The molecule has 3 aromatic carbocycles. The van der Waals surface area contributed by atoms with Crippen molar-refractivity contribution in [3.8, 4) is 33.9 Å². The number of benzene rings is 3. The van der Waals surface area contributed by atoms with Crippen LogP contribution in [0.1, 0.15) is 10.4 Å². The Bertz CT molecular complexity index is 1220. The molecule has 0 unspecified atom stereocenters. The number of phenolic OH excluding ortho intramolecular Hbond substituents is 1. The average molecular weight is 431 g/mol. The summed E-state index contributed by atoms with van der Waals surface area (Å²) in [6, 6.07) is 23.4. The number of carbonyl (C=O) groups is 1. The molecule has 0 aliphatic rings. The molecule has 2 N–H and O–H groups in total. The first kappa shape index (κ1) is 20.4. The molecule has 31 heavy (non-hydrogen) atoms. The van der Waals surface area contributed by atoms with Crippen molar-refractivity contribution in [2.75, 3.05) is 12.4 Å². The highest BCUT2D eigenvalue weighted by atomic mass is 35.5. The van der Waals surface area contributed by atoms with Crippen LogP contribution >= 0.6 is 11.6 Å². The molecule has 0 spiro atoms. The van der Waals surface area contributed by atoms with Gasteiger partial charge in [0.15, 0.2) is 0 Å². The van der Waals surface area contributed by atoms with Crippen molar-refractivity contribution in [2.24, 2.45) is 0 Å². The fourth-order valence-corrected chi connectivity index (χ4v) is 3.42. The summed E-state index contributed by atoms with van der Waals surface area (Å²) in [6.45, 7) is 0. The molecule has 0 aliphatic heterocycles. The minimum Gasteiger partial charge on any atom is -0.508 e. The normalized spacial score (nSPS) is 10.5. The van der Waals surface area contributed by atoms with Crippen molar-refractivity contribution in [3.05, 3.63) is 95.6 Å². The molecule has 0 aliphatic carbocycles. The lowest BCUT2D eigenvalue weighted by Gasteiger charge is -2.10. The summed E-state index contributed by atoms with van der Waals surface area (Å²) in [5, 5.41) is 13.1. The van der Waals surface area contributed by atoms with Crippen LogP contribution in [0.25, 0.3) is 22.3 Å². The Hall–Kier alpha value is -3.83. The van der Waals surface area contributed by atoms with Crippen LogP contribution in [-0.4, -0.2) is 23.1 Å². The van der Waals surface area contributed by atoms with Crippen LogP contribution in [0.15, 0.2) is 85.1 Å². The number of ether oxygens (including phenoxy) is 1. The molecule has 0 atom stereocenters. The Morgan fingerprint density at radius 1 is 0.935 bits per heavy atom. The van der Waals surface area contributed by atoms with Crippen LogP contribution in [0.4, 0.5) is 5.69 Å². The zero-order chi connectivity index (χ0) is 21.8. The Morgan fingerprint density at radius 3 is 2.39 bits per heavy atom. The van der Waals surface area contributed by atoms with E-state index in [9.17, 15) is 9.90 Å². The summed E-state index contributed by atoms with van der Waals surface area (Å²) in [5.41, 5.74) is 4.57. The van der Waals surface area contributed by atoms with E-state index in [0.29, 0.717) is 22.2 Å². The maximum absolute atomic E-state index is 12.7. The van der Waals surface area contributed by atoms with Gasteiger partial charge in [-0.05, 0) is 53.1 Å². The summed E-state index contributed by atoms with van der Waals surface area (Å²) in [7, 11) is 1.53. The van der Waals surface area contributed by atoms with Gasteiger partial charge in [-0.25, -0.2) is 4.98 Å². The molecular formula is C25H19ClN2O3. The predicted molar refractivity (Wildman–Crippen MR) is 123 cm³/mol. The summed E-state index contributed by atoms with van der Waals surface area (Å²) in [5.74, 6) is 0.428. The quantitative estimate of drug-likeness (QED) is 0.405. The van der Waals surface area contributed by atoms with Gasteiger partial charge in [0.2, 0.25) is 5.88 Å². The van der Waals surface area contributed by atoms with Gasteiger partial charge >= 0.3 is 0 Å². The number of aromatic nitrogens is 1. The Balaban J connectivity index is 1.57. The molecule has 5 nitrogen and oxygen atoms in total. The highest BCUT2D eigenvalue weighted by Crippen LogP contribution is 2.31. The smallest absolute Gasteiger partial charge is 0.255 e. The first-order valence-electron chi connectivity index (χ1n) is 9.54. The summed E-state index contributed by atoms with van der Waals surface area (Å²) >= 11 is 6.42. The second-order valence-corrected chi connectivity index (χ2v) is 7.27. The molecule has 0 saturated heterocycles. The van der Waals surface area contributed by atoms with E-state index in [1.807, 2.05) is 30.3 Å². The molecule has 0 fully saturated rings. The van der Waals surface area contributed by atoms with Gasteiger partial charge in [-0.3, -0.25) is 4.79 Å². The second-order valence-electron chi connectivity index (χ2n) is 6.87. The first-order valence-corrected chi connectivity index (χ1v) is 9.92. The number of nitrogens with zero attached hydrogens (tertiary/aromatic N) is 1. The molecule has 154 valence electrons. The van der Waals surface area contributed by atoms with Crippen molar-refractivity contribution < 1.29 is 14.6 Å². The number of methoxy groups -OCH3 is 1. The highest BCUT2D eigenvalue weighted by molar-refractivity contribution is 6.33. The third kappa shape index (κ3) is 4.68. The molecule has 4 rings (SSSR count). The van der Waals surface area contributed by atoms with E-state index in [1.54, 1.807) is 48.5 Å². The molecule has 1 aromatic heterocycles. The standard InChI is InChI=1S/C25H19ClN2O3/c1-31-24-12-10-20(15-27-24)28-25(30)19-9-11-23(26)22(14-19)17-7-5-16(6-8-17)18-3-2-4-21(29)13-18/h2-15,29H,1H3,(H,28,30). The van der Waals surface area contributed by atoms with E-state index in [4.69, 9.17) is 16.3 Å². The topological polar surface area (TPSA) is 71.5 Å². The number of halogens is 1. The van der Waals surface area contributed by atoms with Crippen LogP contribution in [-0.2, 0) is 0 Å². The van der Waals surface area contributed by atoms with E-state index in [1.165, 1.54) is 13.3 Å². The van der Waals surface area contributed by atoms with Crippen LogP contribution in [0, 0.1) is 0 Å². The number of rotatable bonds is 5. The molecular weight excluding hydrogens is 412 g/mol. The number of aromatic hydroxyl groups is 1. The number of phenols is 1. The van der Waals surface area contributed by atoms with Gasteiger partial charge in [0.25, 0.3) is 5.91 Å². The van der Waals surface area contributed by atoms with E-state index in [2.05, 4.69) is 10.3 Å². The van der Waals surface area contributed by atoms with E-state index in [0.717, 1.165) is 22.3 Å². The minimum absolute atomic E-state index is 0.218. The van der Waals surface area contributed by atoms with Gasteiger partial charge in [-0.15, -0.1) is 0 Å². The fourth-order valence-electron chi connectivity index (χ4n) is 3.19. The number of hydrogen-bond donors (Lipinski definition) is 2. The lowest BCUT2D eigenvalue weighted by molar-refractivity contribution is 0.102.